The summed E-state index contributed by atoms with van der Waals surface area (Å²) in [5, 5.41) is 0. The Morgan fingerprint density at radius 2 is 1.87 bits per heavy atom. The van der Waals surface area contributed by atoms with Crippen LogP contribution in [0.5, 0.6) is 0 Å². The zero-order valence-electron chi connectivity index (χ0n) is 10.2. The van der Waals surface area contributed by atoms with Crippen molar-refractivity contribution in [1.29, 1.82) is 0 Å². The van der Waals surface area contributed by atoms with Gasteiger partial charge < -0.3 is 4.57 Å². The maximum atomic E-state index is 2.35. The molecule has 1 heteroatoms. The van der Waals surface area contributed by atoms with Crippen LogP contribution in [0.4, 0.5) is 0 Å². The van der Waals surface area contributed by atoms with E-state index in [0.29, 0.717) is 0 Å². The fourth-order valence-corrected chi connectivity index (χ4v) is 1.69. The normalized spacial score (nSPS) is 12.5. The van der Waals surface area contributed by atoms with Gasteiger partial charge >= 0.3 is 0 Å². The first kappa shape index (κ1) is 12.1. The van der Waals surface area contributed by atoms with Crippen molar-refractivity contribution in [2.45, 2.75) is 46.6 Å². The molecule has 84 valence electrons. The molecule has 15 heavy (non-hydrogen) atoms. The second-order valence-electron chi connectivity index (χ2n) is 4.67. The Morgan fingerprint density at radius 1 is 1.20 bits per heavy atom. The average Bonchev–Trinajstić information content (AvgIpc) is 2.66. The standard InChI is InChI=1S/C14H23N/c1-13(2)7-6-8-14(3)9-12-15-10-4-5-11-15/h4-5,7,10-11,14H,6,8-9,12H2,1-3H3/t14-/m1/s1. The van der Waals surface area contributed by atoms with Crippen molar-refractivity contribution in [3.63, 3.8) is 0 Å². The number of aromatic nitrogens is 1. The van der Waals surface area contributed by atoms with Gasteiger partial charge in [-0.3, -0.25) is 0 Å². The van der Waals surface area contributed by atoms with Crippen LogP contribution < -0.4 is 0 Å². The smallest absolute Gasteiger partial charge is 0.0222 e. The van der Waals surface area contributed by atoms with E-state index >= 15 is 0 Å². The molecule has 0 aliphatic heterocycles. The largest absolute Gasteiger partial charge is 0.354 e. The van der Waals surface area contributed by atoms with E-state index in [0.717, 1.165) is 12.5 Å². The van der Waals surface area contributed by atoms with Gasteiger partial charge in [0.25, 0.3) is 0 Å². The minimum atomic E-state index is 0.822. The molecule has 0 N–H and O–H groups in total. The first-order chi connectivity index (χ1) is 7.18. The molecule has 0 aliphatic carbocycles. The third-order valence-electron chi connectivity index (χ3n) is 2.76. The van der Waals surface area contributed by atoms with E-state index in [2.05, 4.69) is 55.9 Å². The Hall–Kier alpha value is -0.980. The molecule has 0 amide bonds. The molecule has 1 rings (SSSR count). The van der Waals surface area contributed by atoms with Gasteiger partial charge in [0.15, 0.2) is 0 Å². The lowest BCUT2D eigenvalue weighted by molar-refractivity contribution is 0.455. The predicted molar refractivity (Wildman–Crippen MR) is 66.9 cm³/mol. The van der Waals surface area contributed by atoms with Gasteiger partial charge in [0.2, 0.25) is 0 Å². The minimum Gasteiger partial charge on any atom is -0.354 e. The van der Waals surface area contributed by atoms with Crippen LogP contribution in [0.25, 0.3) is 0 Å². The molecule has 1 heterocycles. The Labute approximate surface area is 93.8 Å². The van der Waals surface area contributed by atoms with Crippen LogP contribution >= 0.6 is 0 Å². The predicted octanol–water partition coefficient (Wildman–Crippen LogP) is 4.26. The fourth-order valence-electron chi connectivity index (χ4n) is 1.69. The zero-order valence-corrected chi connectivity index (χ0v) is 10.2. The summed E-state index contributed by atoms with van der Waals surface area (Å²) < 4.78 is 2.26. The van der Waals surface area contributed by atoms with Crippen LogP contribution in [0.2, 0.25) is 0 Å². The summed E-state index contributed by atoms with van der Waals surface area (Å²) in [6.45, 7) is 7.85. The van der Waals surface area contributed by atoms with E-state index in [-0.39, 0.29) is 0 Å². The highest BCUT2D eigenvalue weighted by molar-refractivity contribution is 4.93. The van der Waals surface area contributed by atoms with E-state index in [1.807, 2.05) is 0 Å². The quantitative estimate of drug-likeness (QED) is 0.611. The van der Waals surface area contributed by atoms with E-state index in [1.165, 1.54) is 24.8 Å². The van der Waals surface area contributed by atoms with E-state index in [1.54, 1.807) is 0 Å². The highest BCUT2D eigenvalue weighted by Gasteiger charge is 2.00. The molecule has 1 aromatic heterocycles. The van der Waals surface area contributed by atoms with E-state index < -0.39 is 0 Å². The lowest BCUT2D eigenvalue weighted by atomic mass is 10.0. The maximum absolute atomic E-state index is 2.35. The molecule has 0 fully saturated rings. The number of hydrogen-bond acceptors (Lipinski definition) is 0. The number of hydrogen-bond donors (Lipinski definition) is 0. The zero-order chi connectivity index (χ0) is 11.1. The minimum absolute atomic E-state index is 0.822. The Bertz CT molecular complexity index is 278. The topological polar surface area (TPSA) is 4.93 Å². The van der Waals surface area contributed by atoms with Gasteiger partial charge in [-0.25, -0.2) is 0 Å². The van der Waals surface area contributed by atoms with Crippen LogP contribution in [-0.4, -0.2) is 4.57 Å². The van der Waals surface area contributed by atoms with Crippen molar-refractivity contribution < 1.29 is 0 Å². The fraction of sp³-hybridized carbons (Fsp3) is 0.571. The summed E-state index contributed by atoms with van der Waals surface area (Å²) in [7, 11) is 0. The summed E-state index contributed by atoms with van der Waals surface area (Å²) in [4.78, 5) is 0. The molecule has 1 nitrogen and oxygen atoms in total. The van der Waals surface area contributed by atoms with Crippen LogP contribution in [0.3, 0.4) is 0 Å². The van der Waals surface area contributed by atoms with Crippen molar-refractivity contribution in [3.05, 3.63) is 36.2 Å². The molecule has 0 bridgehead atoms. The molecular weight excluding hydrogens is 182 g/mol. The summed E-state index contributed by atoms with van der Waals surface area (Å²) in [5.74, 6) is 0.822. The van der Waals surface area contributed by atoms with Crippen molar-refractivity contribution in [3.8, 4) is 0 Å². The highest BCUT2D eigenvalue weighted by Crippen LogP contribution is 2.12. The molecule has 0 aromatic carbocycles. The molecule has 0 radical (unpaired) electrons. The molecule has 0 saturated heterocycles. The second-order valence-corrected chi connectivity index (χ2v) is 4.67. The van der Waals surface area contributed by atoms with Gasteiger partial charge in [0.05, 0.1) is 0 Å². The van der Waals surface area contributed by atoms with E-state index in [4.69, 9.17) is 0 Å². The van der Waals surface area contributed by atoms with Gasteiger partial charge in [-0.15, -0.1) is 0 Å². The van der Waals surface area contributed by atoms with Gasteiger partial charge in [-0.2, -0.15) is 0 Å². The Morgan fingerprint density at radius 3 is 2.47 bits per heavy atom. The average molecular weight is 205 g/mol. The summed E-state index contributed by atoms with van der Waals surface area (Å²) >= 11 is 0. The summed E-state index contributed by atoms with van der Waals surface area (Å²) in [6, 6.07) is 4.18. The van der Waals surface area contributed by atoms with Gasteiger partial charge in [0, 0.05) is 18.9 Å². The van der Waals surface area contributed by atoms with Crippen LogP contribution in [0.15, 0.2) is 36.2 Å². The van der Waals surface area contributed by atoms with Crippen molar-refractivity contribution in [2.75, 3.05) is 0 Å². The molecule has 0 unspecified atom stereocenters. The molecule has 0 aliphatic rings. The lowest BCUT2D eigenvalue weighted by Crippen LogP contribution is -2.01. The molecule has 0 saturated carbocycles. The molecule has 1 atom stereocenters. The van der Waals surface area contributed by atoms with Gasteiger partial charge in [-0.05, 0) is 51.2 Å². The summed E-state index contributed by atoms with van der Waals surface area (Å²) in [6.07, 6.45) is 10.4. The number of rotatable bonds is 6. The Kier molecular flexibility index (Phi) is 5.23. The van der Waals surface area contributed by atoms with Crippen molar-refractivity contribution in [2.24, 2.45) is 5.92 Å². The summed E-state index contributed by atoms with van der Waals surface area (Å²) in [5.41, 5.74) is 1.44. The molecule has 1 aromatic rings. The first-order valence-corrected chi connectivity index (χ1v) is 5.92. The van der Waals surface area contributed by atoms with Crippen LogP contribution in [0, 0.1) is 5.92 Å². The van der Waals surface area contributed by atoms with Crippen LogP contribution in [0.1, 0.15) is 40.0 Å². The lowest BCUT2D eigenvalue weighted by Gasteiger charge is -2.10. The molecule has 0 spiro atoms. The second kappa shape index (κ2) is 6.49. The van der Waals surface area contributed by atoms with E-state index in [9.17, 15) is 0 Å². The number of aryl methyl sites for hydroxylation is 1. The molecular formula is C14H23N. The monoisotopic (exact) mass is 205 g/mol. The number of allylic oxidation sites excluding steroid dienone is 2. The third kappa shape index (κ3) is 5.46. The van der Waals surface area contributed by atoms with Crippen molar-refractivity contribution >= 4 is 0 Å². The van der Waals surface area contributed by atoms with Gasteiger partial charge in [0.1, 0.15) is 0 Å². The first-order valence-electron chi connectivity index (χ1n) is 5.92. The number of nitrogens with zero attached hydrogens (tertiary/aromatic N) is 1. The third-order valence-corrected chi connectivity index (χ3v) is 2.76. The van der Waals surface area contributed by atoms with Crippen molar-refractivity contribution in [1.82, 2.24) is 4.57 Å². The van der Waals surface area contributed by atoms with Crippen LogP contribution in [-0.2, 0) is 6.54 Å². The Balaban J connectivity index is 2.14. The maximum Gasteiger partial charge on any atom is 0.0222 e. The SMILES string of the molecule is CC(C)=CCC[C@@H](C)CCn1cccc1. The van der Waals surface area contributed by atoms with Gasteiger partial charge in [-0.1, -0.05) is 18.6 Å². The highest BCUT2D eigenvalue weighted by atomic mass is 14.9.